The van der Waals surface area contributed by atoms with Crippen LogP contribution in [0.4, 0.5) is 0 Å². The molecule has 4 heteroatoms. The molecule has 0 spiro atoms. The molecule has 16 heavy (non-hydrogen) atoms. The summed E-state index contributed by atoms with van der Waals surface area (Å²) in [7, 11) is 0. The topological polar surface area (TPSA) is 56.7 Å². The summed E-state index contributed by atoms with van der Waals surface area (Å²) in [5.74, 6) is 2.97. The van der Waals surface area contributed by atoms with E-state index in [9.17, 15) is 0 Å². The van der Waals surface area contributed by atoms with Crippen LogP contribution in [0.3, 0.4) is 0 Å². The minimum Gasteiger partial charge on any atom is -0.328 e. The van der Waals surface area contributed by atoms with Gasteiger partial charge in [0.1, 0.15) is 11.6 Å². The van der Waals surface area contributed by atoms with Gasteiger partial charge in [-0.1, -0.05) is 6.42 Å². The van der Waals surface area contributed by atoms with Crippen molar-refractivity contribution in [2.75, 3.05) is 0 Å². The van der Waals surface area contributed by atoms with Crippen molar-refractivity contribution in [3.63, 3.8) is 0 Å². The van der Waals surface area contributed by atoms with Crippen LogP contribution >= 0.6 is 0 Å². The molecule has 2 N–H and O–H groups in total. The number of hydrogen-bond acceptors (Lipinski definition) is 3. The Balaban J connectivity index is 1.85. The van der Waals surface area contributed by atoms with Crippen LogP contribution in [0.1, 0.15) is 56.1 Å². The maximum Gasteiger partial charge on any atom is 0.136 e. The number of rotatable bonds is 1. The highest BCUT2D eigenvalue weighted by molar-refractivity contribution is 5.06. The first-order valence-electron chi connectivity index (χ1n) is 6.52. The maximum atomic E-state index is 6.05. The summed E-state index contributed by atoms with van der Waals surface area (Å²) >= 11 is 0. The van der Waals surface area contributed by atoms with Crippen molar-refractivity contribution in [1.82, 2.24) is 14.8 Å². The predicted molar refractivity (Wildman–Crippen MR) is 62.1 cm³/mol. The van der Waals surface area contributed by atoms with Gasteiger partial charge in [-0.15, -0.1) is 10.2 Å². The molecule has 1 aliphatic heterocycles. The second-order valence-corrected chi connectivity index (χ2v) is 5.21. The van der Waals surface area contributed by atoms with E-state index in [0.29, 0.717) is 12.0 Å². The Kier molecular flexibility index (Phi) is 2.67. The molecule has 0 radical (unpaired) electrons. The van der Waals surface area contributed by atoms with E-state index in [1.165, 1.54) is 43.8 Å². The first-order valence-corrected chi connectivity index (χ1v) is 6.52. The average Bonchev–Trinajstić information content (AvgIpc) is 2.72. The molecular weight excluding hydrogens is 200 g/mol. The summed E-state index contributed by atoms with van der Waals surface area (Å²) in [6, 6.07) is 0.371. The summed E-state index contributed by atoms with van der Waals surface area (Å²) in [5.41, 5.74) is 6.05. The Morgan fingerprint density at radius 2 is 2.06 bits per heavy atom. The Morgan fingerprint density at radius 3 is 2.94 bits per heavy atom. The molecule has 2 aliphatic rings. The van der Waals surface area contributed by atoms with Crippen LogP contribution in [-0.2, 0) is 13.0 Å². The predicted octanol–water partition coefficient (Wildman–Crippen LogP) is 1.60. The molecule has 1 aliphatic carbocycles. The van der Waals surface area contributed by atoms with Crippen LogP contribution in [0.25, 0.3) is 0 Å². The molecule has 1 fully saturated rings. The Hall–Kier alpha value is -0.900. The maximum absolute atomic E-state index is 6.05. The van der Waals surface area contributed by atoms with E-state index >= 15 is 0 Å². The minimum absolute atomic E-state index is 0.371. The lowest BCUT2D eigenvalue weighted by Crippen LogP contribution is -2.28. The van der Waals surface area contributed by atoms with Crippen LogP contribution in [0.5, 0.6) is 0 Å². The zero-order valence-corrected chi connectivity index (χ0v) is 9.73. The molecule has 88 valence electrons. The lowest BCUT2D eigenvalue weighted by Gasteiger charge is -2.27. The van der Waals surface area contributed by atoms with E-state index in [1.807, 2.05) is 0 Å². The van der Waals surface area contributed by atoms with Gasteiger partial charge in [0, 0.05) is 24.9 Å². The molecule has 1 aromatic rings. The molecule has 0 saturated heterocycles. The molecular formula is C12H20N4. The highest BCUT2D eigenvalue weighted by Crippen LogP contribution is 2.32. The van der Waals surface area contributed by atoms with E-state index in [0.717, 1.165) is 19.4 Å². The van der Waals surface area contributed by atoms with Crippen molar-refractivity contribution in [1.29, 1.82) is 0 Å². The highest BCUT2D eigenvalue weighted by Gasteiger charge is 2.27. The third-order valence-electron chi connectivity index (χ3n) is 3.97. The van der Waals surface area contributed by atoms with Crippen molar-refractivity contribution in [2.24, 2.45) is 5.73 Å². The van der Waals surface area contributed by atoms with E-state index in [1.54, 1.807) is 0 Å². The fourth-order valence-corrected chi connectivity index (χ4v) is 3.09. The summed E-state index contributed by atoms with van der Waals surface area (Å²) in [5, 5.41) is 8.74. The van der Waals surface area contributed by atoms with Gasteiger partial charge in [0.2, 0.25) is 0 Å². The summed E-state index contributed by atoms with van der Waals surface area (Å²) in [4.78, 5) is 0. The molecule has 0 aromatic carbocycles. The number of aryl methyl sites for hydroxylation is 1. The van der Waals surface area contributed by atoms with E-state index in [-0.39, 0.29) is 0 Å². The fourth-order valence-electron chi connectivity index (χ4n) is 3.09. The van der Waals surface area contributed by atoms with E-state index in [4.69, 9.17) is 5.73 Å². The monoisotopic (exact) mass is 220 g/mol. The van der Waals surface area contributed by atoms with Crippen LogP contribution in [0, 0.1) is 0 Å². The normalized spacial score (nSPS) is 30.1. The first kappa shape index (κ1) is 10.3. The van der Waals surface area contributed by atoms with Crippen LogP contribution < -0.4 is 5.73 Å². The van der Waals surface area contributed by atoms with Gasteiger partial charge in [-0.25, -0.2) is 0 Å². The van der Waals surface area contributed by atoms with Gasteiger partial charge < -0.3 is 10.3 Å². The van der Waals surface area contributed by atoms with Crippen molar-refractivity contribution in [3.8, 4) is 0 Å². The van der Waals surface area contributed by atoms with Gasteiger partial charge in [-0.05, 0) is 32.1 Å². The van der Waals surface area contributed by atoms with Gasteiger partial charge in [0.15, 0.2) is 0 Å². The third-order valence-corrected chi connectivity index (χ3v) is 3.97. The second-order valence-electron chi connectivity index (χ2n) is 5.21. The lowest BCUT2D eigenvalue weighted by molar-refractivity contribution is 0.366. The number of fused-ring (bicyclic) bond motifs is 1. The Labute approximate surface area is 96.2 Å². The number of nitrogens with zero attached hydrogens (tertiary/aromatic N) is 3. The van der Waals surface area contributed by atoms with Gasteiger partial charge in [-0.3, -0.25) is 0 Å². The van der Waals surface area contributed by atoms with Gasteiger partial charge in [0.25, 0.3) is 0 Å². The summed E-state index contributed by atoms with van der Waals surface area (Å²) in [6.45, 7) is 1.11. The Morgan fingerprint density at radius 1 is 1.12 bits per heavy atom. The third kappa shape index (κ3) is 1.75. The smallest absolute Gasteiger partial charge is 0.136 e. The number of hydrogen-bond donors (Lipinski definition) is 1. The zero-order valence-electron chi connectivity index (χ0n) is 9.73. The van der Waals surface area contributed by atoms with Crippen LogP contribution in [0.15, 0.2) is 0 Å². The quantitative estimate of drug-likeness (QED) is 0.782. The first-order chi connectivity index (χ1) is 7.84. The highest BCUT2D eigenvalue weighted by atomic mass is 15.3. The van der Waals surface area contributed by atoms with Crippen molar-refractivity contribution in [3.05, 3.63) is 11.6 Å². The Bertz CT molecular complexity index is 371. The van der Waals surface area contributed by atoms with Crippen molar-refractivity contribution >= 4 is 0 Å². The lowest BCUT2D eigenvalue weighted by atomic mass is 9.85. The molecule has 1 aromatic heterocycles. The van der Waals surface area contributed by atoms with E-state index in [2.05, 4.69) is 14.8 Å². The van der Waals surface area contributed by atoms with Crippen LogP contribution in [0.2, 0.25) is 0 Å². The van der Waals surface area contributed by atoms with Gasteiger partial charge in [0.05, 0.1) is 0 Å². The molecule has 3 rings (SSSR count). The zero-order chi connectivity index (χ0) is 11.0. The summed E-state index contributed by atoms with van der Waals surface area (Å²) in [6.07, 6.45) is 8.40. The SMILES string of the molecule is N[C@@H]1CCC[C@H](c2nnc3n2CCCC3)C1. The molecule has 2 atom stereocenters. The van der Waals surface area contributed by atoms with Gasteiger partial charge >= 0.3 is 0 Å². The minimum atomic E-state index is 0.371. The van der Waals surface area contributed by atoms with E-state index < -0.39 is 0 Å². The molecule has 4 nitrogen and oxygen atoms in total. The van der Waals surface area contributed by atoms with Crippen molar-refractivity contribution < 1.29 is 0 Å². The summed E-state index contributed by atoms with van der Waals surface area (Å²) < 4.78 is 2.35. The average molecular weight is 220 g/mol. The molecule has 0 bridgehead atoms. The van der Waals surface area contributed by atoms with Gasteiger partial charge in [-0.2, -0.15) is 0 Å². The molecule has 2 heterocycles. The standard InChI is InChI=1S/C12H20N4/c13-10-5-3-4-9(8-10)12-15-14-11-6-1-2-7-16(11)12/h9-10H,1-8,13H2/t9-,10+/m0/s1. The number of aromatic nitrogens is 3. The second kappa shape index (κ2) is 4.17. The largest absolute Gasteiger partial charge is 0.328 e. The molecule has 0 amide bonds. The van der Waals surface area contributed by atoms with Crippen LogP contribution in [-0.4, -0.2) is 20.8 Å². The fraction of sp³-hybridized carbons (Fsp3) is 0.833. The number of nitrogens with two attached hydrogens (primary N) is 1. The molecule has 1 saturated carbocycles. The molecule has 0 unspecified atom stereocenters. The van der Waals surface area contributed by atoms with Crippen molar-refractivity contribution in [2.45, 2.75) is 63.5 Å².